The van der Waals surface area contributed by atoms with Crippen molar-refractivity contribution < 1.29 is 14.7 Å². The Morgan fingerprint density at radius 2 is 2.13 bits per heavy atom. The number of quaternary nitrogens is 1. The van der Waals surface area contributed by atoms with Gasteiger partial charge in [0.2, 0.25) is 0 Å². The molecule has 3 N–H and O–H groups in total. The van der Waals surface area contributed by atoms with Crippen molar-refractivity contribution in [3.63, 3.8) is 0 Å². The van der Waals surface area contributed by atoms with Gasteiger partial charge < -0.3 is 0 Å². The summed E-state index contributed by atoms with van der Waals surface area (Å²) in [6.07, 6.45) is -0.842. The predicted octanol–water partition coefficient (Wildman–Crippen LogP) is -2.86. The van der Waals surface area contributed by atoms with Crippen LogP contribution in [0.2, 0.25) is 0 Å². The fourth-order valence-electron chi connectivity index (χ4n) is 1.84. The van der Waals surface area contributed by atoms with Gasteiger partial charge in [-0.25, -0.2) is 0 Å². The van der Waals surface area contributed by atoms with Crippen LogP contribution in [0.1, 0.15) is 6.42 Å². The van der Waals surface area contributed by atoms with Crippen molar-refractivity contribution in [2.45, 2.75) is 29.9 Å². The first-order valence-corrected chi connectivity index (χ1v) is 6.10. The van der Waals surface area contributed by atoms with Gasteiger partial charge in [-0.2, -0.15) is 0 Å². The van der Waals surface area contributed by atoms with Crippen LogP contribution in [0, 0.1) is 0 Å². The maximum atomic E-state index is 11.2. The molecule has 1 radical (unpaired) electrons. The van der Waals surface area contributed by atoms with Crippen molar-refractivity contribution in [3.05, 3.63) is 0 Å². The standard InChI is InChI=1S/C9H20N3O2Se/c1-12(2,3)7(8(13)14)4-6-5-10-9(15)11-6/h6-11,13H,4-5H2,1-3H3. The average molecular weight is 281 g/mol. The van der Waals surface area contributed by atoms with Gasteiger partial charge in [0, 0.05) is 0 Å². The van der Waals surface area contributed by atoms with Crippen LogP contribution in [0.15, 0.2) is 0 Å². The Balaban J connectivity index is 2.52. The van der Waals surface area contributed by atoms with Gasteiger partial charge in [0.1, 0.15) is 0 Å². The third-order valence-electron chi connectivity index (χ3n) is 2.79. The second-order valence-corrected chi connectivity index (χ2v) is 5.95. The Kier molecular flexibility index (Phi) is 4.55. The van der Waals surface area contributed by atoms with E-state index in [1.165, 1.54) is 0 Å². The zero-order valence-corrected chi connectivity index (χ0v) is 11.1. The summed E-state index contributed by atoms with van der Waals surface area (Å²) in [5.41, 5.74) is 0. The van der Waals surface area contributed by atoms with Crippen LogP contribution in [0.5, 0.6) is 0 Å². The molecular formula is C9H20N3O2Se. The fraction of sp³-hybridized carbons (Fsp3) is 1.00. The molecule has 6 heteroatoms. The normalized spacial score (nSPS) is 31.6. The number of aliphatic hydroxyl groups is 1. The summed E-state index contributed by atoms with van der Waals surface area (Å²) in [7, 11) is 5.80. The second-order valence-electron chi connectivity index (χ2n) is 4.96. The molecule has 0 spiro atoms. The van der Waals surface area contributed by atoms with Gasteiger partial charge in [0.15, 0.2) is 0 Å². The minimum atomic E-state index is -1.52. The molecule has 5 nitrogen and oxygen atoms in total. The number of hydrogen-bond acceptors (Lipinski definition) is 4. The van der Waals surface area contributed by atoms with Crippen LogP contribution in [0.25, 0.3) is 0 Å². The summed E-state index contributed by atoms with van der Waals surface area (Å²) < 4.78 is 0.487. The summed E-state index contributed by atoms with van der Waals surface area (Å²) in [5.74, 6) is 0. The topological polar surface area (TPSA) is 67.3 Å². The Morgan fingerprint density at radius 3 is 2.47 bits per heavy atom. The van der Waals surface area contributed by atoms with Crippen LogP contribution in [-0.2, 0) is 0 Å². The van der Waals surface area contributed by atoms with Gasteiger partial charge in [0.25, 0.3) is 0 Å². The molecule has 1 heterocycles. The van der Waals surface area contributed by atoms with Crippen molar-refractivity contribution in [2.24, 2.45) is 0 Å². The van der Waals surface area contributed by atoms with Crippen LogP contribution in [-0.4, -0.2) is 76.7 Å². The van der Waals surface area contributed by atoms with Crippen molar-refractivity contribution in [3.8, 4) is 0 Å². The maximum absolute atomic E-state index is 11.2. The van der Waals surface area contributed by atoms with Crippen LogP contribution < -0.4 is 15.7 Å². The number of aliphatic hydroxyl groups excluding tert-OH is 1. The molecule has 1 saturated heterocycles. The van der Waals surface area contributed by atoms with Crippen molar-refractivity contribution in [1.29, 1.82) is 0 Å². The first kappa shape index (κ1) is 13.4. The molecule has 1 aliphatic rings. The predicted molar refractivity (Wildman–Crippen MR) is 56.9 cm³/mol. The van der Waals surface area contributed by atoms with Crippen molar-refractivity contribution in [1.82, 2.24) is 10.6 Å². The number of rotatable bonds is 4. The average Bonchev–Trinajstić information content (AvgIpc) is 2.44. The summed E-state index contributed by atoms with van der Waals surface area (Å²) in [5, 5.41) is 27.1. The Hall–Kier alpha value is 0.319. The van der Waals surface area contributed by atoms with Gasteiger partial charge in [-0.1, -0.05) is 0 Å². The van der Waals surface area contributed by atoms with E-state index in [0.29, 0.717) is 10.9 Å². The fourth-order valence-corrected chi connectivity index (χ4v) is 2.44. The SMILES string of the molecule is C[N+](C)(C)C(CC1CNC([Se])N1)C([O-])O. The monoisotopic (exact) mass is 282 g/mol. The zero-order chi connectivity index (χ0) is 11.6. The number of hydrogen-bond donors (Lipinski definition) is 3. The molecule has 0 bridgehead atoms. The van der Waals surface area contributed by atoms with E-state index in [-0.39, 0.29) is 17.1 Å². The van der Waals surface area contributed by atoms with E-state index in [4.69, 9.17) is 0 Å². The molecule has 0 amide bonds. The van der Waals surface area contributed by atoms with Crippen LogP contribution in [0.4, 0.5) is 0 Å². The quantitative estimate of drug-likeness (QED) is 0.295. The van der Waals surface area contributed by atoms with E-state index in [1.54, 1.807) is 0 Å². The third-order valence-corrected chi connectivity index (χ3v) is 3.42. The second kappa shape index (κ2) is 5.10. The molecule has 0 aromatic carbocycles. The number of nitrogens with zero attached hydrogens (tertiary/aromatic N) is 1. The van der Waals surface area contributed by atoms with Gasteiger partial charge in [-0.05, 0) is 0 Å². The molecule has 1 fully saturated rings. The molecular weight excluding hydrogens is 261 g/mol. The van der Waals surface area contributed by atoms with Crippen molar-refractivity contribution >= 4 is 16.0 Å². The summed E-state index contributed by atoms with van der Waals surface area (Å²) in [6.45, 7) is 0.834. The molecule has 0 saturated carbocycles. The van der Waals surface area contributed by atoms with E-state index in [1.807, 2.05) is 21.1 Å². The minimum absolute atomic E-state index is 0.173. The molecule has 0 aromatic rings. The van der Waals surface area contributed by atoms with E-state index >= 15 is 0 Å². The summed E-state index contributed by atoms with van der Waals surface area (Å²) >= 11 is 2.94. The number of likely N-dealkylation sites (N-methyl/N-ethyl adjacent to an activating group) is 1. The van der Waals surface area contributed by atoms with E-state index in [9.17, 15) is 10.2 Å². The molecule has 4 atom stereocenters. The molecule has 4 unspecified atom stereocenters. The first-order chi connectivity index (χ1) is 6.80. The van der Waals surface area contributed by atoms with Gasteiger partial charge in [-0.15, -0.1) is 0 Å². The Bertz CT molecular complexity index is 208. The molecule has 0 aromatic heterocycles. The van der Waals surface area contributed by atoms with Gasteiger partial charge >= 0.3 is 98.9 Å². The number of nitrogens with one attached hydrogen (secondary N) is 2. The molecule has 0 aliphatic carbocycles. The molecule has 1 aliphatic heterocycles. The van der Waals surface area contributed by atoms with Gasteiger partial charge in [0.05, 0.1) is 0 Å². The third kappa shape index (κ3) is 4.00. The van der Waals surface area contributed by atoms with Crippen molar-refractivity contribution in [2.75, 3.05) is 27.7 Å². The molecule has 89 valence electrons. The summed E-state index contributed by atoms with van der Waals surface area (Å²) in [4.78, 5) is 0. The Labute approximate surface area is 99.2 Å². The zero-order valence-electron chi connectivity index (χ0n) is 9.43. The summed E-state index contributed by atoms with van der Waals surface area (Å²) in [6, 6.07) is -0.0307. The van der Waals surface area contributed by atoms with Crippen LogP contribution in [0.3, 0.4) is 0 Å². The van der Waals surface area contributed by atoms with Crippen LogP contribution >= 0.6 is 0 Å². The molecule has 1 rings (SSSR count). The van der Waals surface area contributed by atoms with Gasteiger partial charge in [-0.3, -0.25) is 0 Å². The van der Waals surface area contributed by atoms with E-state index in [0.717, 1.165) is 6.54 Å². The van der Waals surface area contributed by atoms with E-state index in [2.05, 4.69) is 26.6 Å². The first-order valence-electron chi connectivity index (χ1n) is 5.11. The van der Waals surface area contributed by atoms with E-state index < -0.39 is 6.29 Å². The molecule has 15 heavy (non-hydrogen) atoms. The Morgan fingerprint density at radius 1 is 1.53 bits per heavy atom.